The number of nitrogens with zero attached hydrogens (tertiary/aromatic N) is 4. The van der Waals surface area contributed by atoms with Gasteiger partial charge in [0.2, 0.25) is 0 Å². The van der Waals surface area contributed by atoms with Gasteiger partial charge in [0, 0.05) is 43.9 Å². The Morgan fingerprint density at radius 1 is 1.22 bits per heavy atom. The third-order valence-corrected chi connectivity index (χ3v) is 4.72. The molecule has 27 heavy (non-hydrogen) atoms. The van der Waals surface area contributed by atoms with Gasteiger partial charge in [-0.2, -0.15) is 0 Å². The topological polar surface area (TPSA) is 82.7 Å². The van der Waals surface area contributed by atoms with Crippen LogP contribution in [0.3, 0.4) is 0 Å². The number of hydrogen-bond acceptors (Lipinski definition) is 6. The molecule has 0 amide bonds. The van der Waals surface area contributed by atoms with Crippen LogP contribution in [0.15, 0.2) is 42.5 Å². The molecule has 1 aliphatic heterocycles. The Morgan fingerprint density at radius 2 is 1.93 bits per heavy atom. The van der Waals surface area contributed by atoms with Crippen LogP contribution in [-0.2, 0) is 0 Å². The van der Waals surface area contributed by atoms with Gasteiger partial charge in [-0.05, 0) is 26.8 Å². The molecule has 0 spiro atoms. The van der Waals surface area contributed by atoms with E-state index in [0.29, 0.717) is 12.2 Å². The van der Waals surface area contributed by atoms with Crippen LogP contribution in [0.5, 0.6) is 0 Å². The minimum atomic E-state index is -0.728. The zero-order valence-corrected chi connectivity index (χ0v) is 16.0. The fourth-order valence-corrected chi connectivity index (χ4v) is 3.62. The minimum Gasteiger partial charge on any atom is -0.389 e. The minimum absolute atomic E-state index is 0.0123. The first-order valence-corrected chi connectivity index (χ1v) is 9.17. The van der Waals surface area contributed by atoms with Crippen LogP contribution in [0.2, 0.25) is 0 Å². The lowest BCUT2D eigenvalue weighted by molar-refractivity contribution is -0.384. The summed E-state index contributed by atoms with van der Waals surface area (Å²) in [5.41, 5.74) is 0.412. The third-order valence-electron chi connectivity index (χ3n) is 4.72. The van der Waals surface area contributed by atoms with Gasteiger partial charge in [0.1, 0.15) is 5.82 Å². The van der Waals surface area contributed by atoms with Crippen molar-refractivity contribution in [3.63, 3.8) is 0 Å². The van der Waals surface area contributed by atoms with E-state index >= 15 is 0 Å². The Labute approximate surface area is 159 Å². The van der Waals surface area contributed by atoms with E-state index in [2.05, 4.69) is 21.7 Å². The molecule has 2 heterocycles. The number of hydrogen-bond donors (Lipinski definition) is 1. The molecule has 1 N–H and O–H groups in total. The Hall–Kier alpha value is -2.51. The van der Waals surface area contributed by atoms with Crippen LogP contribution >= 0.6 is 0 Å². The van der Waals surface area contributed by atoms with Crippen molar-refractivity contribution in [2.75, 3.05) is 31.1 Å². The number of piperazine rings is 1. The van der Waals surface area contributed by atoms with E-state index in [9.17, 15) is 15.2 Å². The molecule has 7 heteroatoms. The molecular weight excluding hydrogens is 344 g/mol. The summed E-state index contributed by atoms with van der Waals surface area (Å²) in [6.45, 7) is 8.74. The standard InChI is InChI=1S/C20H26N4O3/c1-15-13-22(14-20(2,3)25)11-12-23(15)18-10-9-17(24(26)27)19(21-18)16-7-5-4-6-8-16/h4-10,15,25H,11-14H2,1-3H3. The number of nitro groups is 1. The molecule has 0 saturated carbocycles. The van der Waals surface area contributed by atoms with Gasteiger partial charge in [-0.1, -0.05) is 30.3 Å². The predicted octanol–water partition coefficient (Wildman–Crippen LogP) is 2.94. The summed E-state index contributed by atoms with van der Waals surface area (Å²) in [6.07, 6.45) is 0. The van der Waals surface area contributed by atoms with Crippen molar-refractivity contribution < 1.29 is 10.0 Å². The molecule has 1 aromatic carbocycles. The second-order valence-corrected chi connectivity index (χ2v) is 7.75. The highest BCUT2D eigenvalue weighted by molar-refractivity contribution is 5.71. The third kappa shape index (κ3) is 4.61. The second kappa shape index (κ2) is 7.62. The second-order valence-electron chi connectivity index (χ2n) is 7.75. The maximum atomic E-state index is 11.4. The molecule has 1 aliphatic rings. The fraction of sp³-hybridized carbons (Fsp3) is 0.450. The first kappa shape index (κ1) is 19.3. The Morgan fingerprint density at radius 3 is 2.52 bits per heavy atom. The number of anilines is 1. The molecule has 1 atom stereocenters. The summed E-state index contributed by atoms with van der Waals surface area (Å²) in [5.74, 6) is 0.745. The van der Waals surface area contributed by atoms with E-state index < -0.39 is 5.60 Å². The highest BCUT2D eigenvalue weighted by Crippen LogP contribution is 2.31. The average Bonchev–Trinajstić information content (AvgIpc) is 2.60. The fourth-order valence-electron chi connectivity index (χ4n) is 3.62. The quantitative estimate of drug-likeness (QED) is 0.644. The van der Waals surface area contributed by atoms with Crippen LogP contribution in [0.4, 0.5) is 11.5 Å². The molecule has 1 unspecified atom stereocenters. The molecule has 1 fully saturated rings. The zero-order chi connectivity index (χ0) is 19.6. The smallest absolute Gasteiger partial charge is 0.295 e. The Kier molecular flexibility index (Phi) is 5.43. The highest BCUT2D eigenvalue weighted by atomic mass is 16.6. The van der Waals surface area contributed by atoms with E-state index in [-0.39, 0.29) is 16.7 Å². The van der Waals surface area contributed by atoms with Crippen molar-refractivity contribution >= 4 is 11.5 Å². The lowest BCUT2D eigenvalue weighted by Crippen LogP contribution is -2.55. The molecule has 0 aliphatic carbocycles. The maximum Gasteiger partial charge on any atom is 0.295 e. The zero-order valence-electron chi connectivity index (χ0n) is 16.0. The van der Waals surface area contributed by atoms with Crippen molar-refractivity contribution in [1.29, 1.82) is 0 Å². The van der Waals surface area contributed by atoms with Gasteiger partial charge in [-0.3, -0.25) is 15.0 Å². The molecule has 1 saturated heterocycles. The van der Waals surface area contributed by atoms with E-state index in [4.69, 9.17) is 0 Å². The molecule has 3 rings (SSSR count). The van der Waals surface area contributed by atoms with Crippen LogP contribution in [-0.4, -0.2) is 57.7 Å². The van der Waals surface area contributed by atoms with Gasteiger partial charge in [-0.15, -0.1) is 0 Å². The van der Waals surface area contributed by atoms with Crippen molar-refractivity contribution in [2.24, 2.45) is 0 Å². The molecule has 0 bridgehead atoms. The molecule has 0 radical (unpaired) electrons. The molecule has 2 aromatic rings. The summed E-state index contributed by atoms with van der Waals surface area (Å²) in [7, 11) is 0. The number of pyridine rings is 1. The van der Waals surface area contributed by atoms with Crippen LogP contribution < -0.4 is 4.90 Å². The van der Waals surface area contributed by atoms with Crippen LogP contribution in [0.25, 0.3) is 11.3 Å². The van der Waals surface area contributed by atoms with E-state index in [1.54, 1.807) is 12.1 Å². The average molecular weight is 370 g/mol. The predicted molar refractivity (Wildman–Crippen MR) is 106 cm³/mol. The maximum absolute atomic E-state index is 11.4. The Balaban J connectivity index is 1.87. The van der Waals surface area contributed by atoms with Crippen molar-refractivity contribution in [3.05, 3.63) is 52.6 Å². The number of benzene rings is 1. The SMILES string of the molecule is CC1CN(CC(C)(C)O)CCN1c1ccc([N+](=O)[O-])c(-c2ccccc2)n1. The van der Waals surface area contributed by atoms with Gasteiger partial charge >= 0.3 is 0 Å². The first-order valence-electron chi connectivity index (χ1n) is 9.17. The normalized spacial score (nSPS) is 18.5. The monoisotopic (exact) mass is 370 g/mol. The summed E-state index contributed by atoms with van der Waals surface area (Å²) >= 11 is 0. The van der Waals surface area contributed by atoms with Gasteiger partial charge in [-0.25, -0.2) is 4.98 Å². The first-order chi connectivity index (χ1) is 12.7. The van der Waals surface area contributed by atoms with Gasteiger partial charge in [0.05, 0.1) is 10.5 Å². The van der Waals surface area contributed by atoms with Gasteiger partial charge in [0.25, 0.3) is 5.69 Å². The van der Waals surface area contributed by atoms with Gasteiger partial charge < -0.3 is 10.0 Å². The molecule has 144 valence electrons. The summed E-state index contributed by atoms with van der Waals surface area (Å²) in [5, 5.41) is 21.5. The van der Waals surface area contributed by atoms with Crippen molar-refractivity contribution in [3.8, 4) is 11.3 Å². The molecule has 7 nitrogen and oxygen atoms in total. The van der Waals surface area contributed by atoms with Crippen LogP contribution in [0.1, 0.15) is 20.8 Å². The largest absolute Gasteiger partial charge is 0.389 e. The summed E-state index contributed by atoms with van der Waals surface area (Å²) < 4.78 is 0. The number of β-amino-alcohol motifs (C(OH)–C–C–N with tert-alkyl or cyclic N) is 1. The van der Waals surface area contributed by atoms with Gasteiger partial charge in [0.15, 0.2) is 5.69 Å². The van der Waals surface area contributed by atoms with E-state index in [0.717, 1.165) is 31.0 Å². The van der Waals surface area contributed by atoms with E-state index in [1.807, 2.05) is 44.2 Å². The molecular formula is C20H26N4O3. The van der Waals surface area contributed by atoms with Crippen LogP contribution in [0, 0.1) is 10.1 Å². The lowest BCUT2D eigenvalue weighted by Gasteiger charge is -2.42. The number of rotatable bonds is 5. The van der Waals surface area contributed by atoms with E-state index in [1.165, 1.54) is 0 Å². The Bertz CT molecular complexity index is 805. The summed E-state index contributed by atoms with van der Waals surface area (Å²) in [6, 6.07) is 12.7. The summed E-state index contributed by atoms with van der Waals surface area (Å²) in [4.78, 5) is 20.1. The van der Waals surface area contributed by atoms with Crippen molar-refractivity contribution in [2.45, 2.75) is 32.4 Å². The lowest BCUT2D eigenvalue weighted by atomic mass is 10.1. The number of aliphatic hydroxyl groups is 1. The highest BCUT2D eigenvalue weighted by Gasteiger charge is 2.29. The number of aromatic nitrogens is 1. The van der Waals surface area contributed by atoms with Crippen molar-refractivity contribution in [1.82, 2.24) is 9.88 Å². The molecule has 1 aromatic heterocycles.